The third-order valence-corrected chi connectivity index (χ3v) is 4.09. The fourth-order valence-corrected chi connectivity index (χ4v) is 3.00. The van der Waals surface area contributed by atoms with Gasteiger partial charge in [0.25, 0.3) is 0 Å². The number of benzene rings is 1. The van der Waals surface area contributed by atoms with Crippen LogP contribution in [0.2, 0.25) is 0 Å². The van der Waals surface area contributed by atoms with Gasteiger partial charge in [-0.05, 0) is 31.5 Å². The van der Waals surface area contributed by atoms with Gasteiger partial charge in [-0.2, -0.15) is 0 Å². The number of rotatable bonds is 2. The molecule has 0 amide bonds. The Bertz CT molecular complexity index is 636. The van der Waals surface area contributed by atoms with Crippen molar-refractivity contribution in [2.45, 2.75) is 25.8 Å². The van der Waals surface area contributed by atoms with Gasteiger partial charge in [0.15, 0.2) is 0 Å². The number of hydrogen-bond acceptors (Lipinski definition) is 3. The highest BCUT2D eigenvalue weighted by molar-refractivity contribution is 5.81. The number of phenolic OH excluding ortho intramolecular Hbond substituents is 1. The lowest BCUT2D eigenvalue weighted by Crippen LogP contribution is -2.36. The van der Waals surface area contributed by atoms with Gasteiger partial charge >= 0.3 is 5.69 Å². The Balaban J connectivity index is 2.01. The highest BCUT2D eigenvalue weighted by Crippen LogP contribution is 2.29. The van der Waals surface area contributed by atoms with Gasteiger partial charge in [0.2, 0.25) is 0 Å². The number of piperidine rings is 1. The van der Waals surface area contributed by atoms with Crippen LogP contribution in [0.1, 0.15) is 25.8 Å². The highest BCUT2D eigenvalue weighted by Gasteiger charge is 2.23. The van der Waals surface area contributed by atoms with Gasteiger partial charge in [-0.3, -0.25) is 4.57 Å². The molecule has 0 radical (unpaired) electrons. The predicted octanol–water partition coefficient (Wildman–Crippen LogP) is 1.69. The SMILES string of the molecule is CCN1CCC(n2c(=O)[nH]c3cccc(O)c32)CC1. The minimum Gasteiger partial charge on any atom is -0.506 e. The lowest BCUT2D eigenvalue weighted by molar-refractivity contribution is 0.194. The molecule has 1 aliphatic heterocycles. The quantitative estimate of drug-likeness (QED) is 0.865. The lowest BCUT2D eigenvalue weighted by atomic mass is 10.0. The molecule has 19 heavy (non-hydrogen) atoms. The van der Waals surface area contributed by atoms with Gasteiger partial charge in [-0.25, -0.2) is 4.79 Å². The molecule has 1 aromatic heterocycles. The van der Waals surface area contributed by atoms with Crippen molar-refractivity contribution in [2.24, 2.45) is 0 Å². The second kappa shape index (κ2) is 4.74. The van der Waals surface area contributed by atoms with E-state index in [0.29, 0.717) is 11.0 Å². The zero-order chi connectivity index (χ0) is 13.4. The maximum absolute atomic E-state index is 12.1. The minimum absolute atomic E-state index is 0.119. The maximum atomic E-state index is 12.1. The second-order valence-corrected chi connectivity index (χ2v) is 5.14. The maximum Gasteiger partial charge on any atom is 0.326 e. The Morgan fingerprint density at radius 1 is 1.37 bits per heavy atom. The summed E-state index contributed by atoms with van der Waals surface area (Å²) in [7, 11) is 0. The molecule has 102 valence electrons. The zero-order valence-electron chi connectivity index (χ0n) is 11.1. The lowest BCUT2D eigenvalue weighted by Gasteiger charge is -2.31. The number of hydrogen-bond donors (Lipinski definition) is 2. The smallest absolute Gasteiger partial charge is 0.326 e. The summed E-state index contributed by atoms with van der Waals surface area (Å²) in [5, 5.41) is 10.0. The topological polar surface area (TPSA) is 61.3 Å². The summed E-state index contributed by atoms with van der Waals surface area (Å²) in [6.45, 7) is 5.23. The van der Waals surface area contributed by atoms with Crippen LogP contribution in [-0.2, 0) is 0 Å². The van der Waals surface area contributed by atoms with E-state index in [9.17, 15) is 9.90 Å². The average molecular weight is 261 g/mol. The van der Waals surface area contributed by atoms with Crippen LogP contribution >= 0.6 is 0 Å². The predicted molar refractivity (Wildman–Crippen MR) is 74.6 cm³/mol. The van der Waals surface area contributed by atoms with Crippen molar-refractivity contribution in [3.05, 3.63) is 28.7 Å². The van der Waals surface area contributed by atoms with Gasteiger partial charge in [-0.15, -0.1) is 0 Å². The standard InChI is InChI=1S/C14H19N3O2/c1-2-16-8-6-10(7-9-16)17-13-11(15-14(17)19)4-3-5-12(13)18/h3-5,10,18H,2,6-9H2,1H3,(H,15,19). The first-order valence-corrected chi connectivity index (χ1v) is 6.85. The van der Waals surface area contributed by atoms with Crippen molar-refractivity contribution >= 4 is 11.0 Å². The van der Waals surface area contributed by atoms with E-state index < -0.39 is 0 Å². The van der Waals surface area contributed by atoms with Gasteiger partial charge in [0.1, 0.15) is 11.3 Å². The molecular formula is C14H19N3O2. The van der Waals surface area contributed by atoms with Crippen LogP contribution in [0.4, 0.5) is 0 Å². The number of H-pyrrole nitrogens is 1. The molecule has 0 bridgehead atoms. The molecule has 0 atom stereocenters. The number of para-hydroxylation sites is 1. The third-order valence-electron chi connectivity index (χ3n) is 4.09. The molecule has 0 unspecified atom stereocenters. The van der Waals surface area contributed by atoms with Gasteiger partial charge < -0.3 is 15.0 Å². The Hall–Kier alpha value is -1.75. The largest absolute Gasteiger partial charge is 0.506 e. The highest BCUT2D eigenvalue weighted by atomic mass is 16.3. The van der Waals surface area contributed by atoms with E-state index in [2.05, 4.69) is 16.8 Å². The van der Waals surface area contributed by atoms with E-state index in [1.807, 2.05) is 6.07 Å². The minimum atomic E-state index is -0.119. The van der Waals surface area contributed by atoms with Crippen LogP contribution in [0.25, 0.3) is 11.0 Å². The van der Waals surface area contributed by atoms with E-state index in [0.717, 1.165) is 32.5 Å². The van der Waals surface area contributed by atoms with Crippen molar-refractivity contribution in [1.82, 2.24) is 14.5 Å². The van der Waals surface area contributed by atoms with E-state index in [-0.39, 0.29) is 17.5 Å². The van der Waals surface area contributed by atoms with Crippen LogP contribution in [0.3, 0.4) is 0 Å². The Morgan fingerprint density at radius 2 is 2.11 bits per heavy atom. The summed E-state index contributed by atoms with van der Waals surface area (Å²) >= 11 is 0. The number of aromatic hydroxyl groups is 1. The van der Waals surface area contributed by atoms with E-state index in [1.165, 1.54) is 0 Å². The zero-order valence-corrected chi connectivity index (χ0v) is 11.1. The molecule has 1 fully saturated rings. The number of nitrogens with one attached hydrogen (secondary N) is 1. The van der Waals surface area contributed by atoms with E-state index >= 15 is 0 Å². The molecule has 2 aromatic rings. The van der Waals surface area contributed by atoms with Crippen LogP contribution in [-0.4, -0.2) is 39.2 Å². The molecule has 0 aliphatic carbocycles. The molecular weight excluding hydrogens is 242 g/mol. The van der Waals surface area contributed by atoms with Crippen molar-refractivity contribution in [3.8, 4) is 5.75 Å². The first kappa shape index (κ1) is 12.3. The number of aromatic nitrogens is 2. The van der Waals surface area contributed by atoms with Gasteiger partial charge in [-0.1, -0.05) is 13.0 Å². The van der Waals surface area contributed by atoms with Gasteiger partial charge in [0, 0.05) is 19.1 Å². The number of fused-ring (bicyclic) bond motifs is 1. The molecule has 1 aliphatic rings. The van der Waals surface area contributed by atoms with E-state index in [4.69, 9.17) is 0 Å². The van der Waals surface area contributed by atoms with Crippen molar-refractivity contribution in [2.75, 3.05) is 19.6 Å². The van der Waals surface area contributed by atoms with Crippen LogP contribution in [0.15, 0.2) is 23.0 Å². The molecule has 5 nitrogen and oxygen atoms in total. The van der Waals surface area contributed by atoms with Crippen LogP contribution in [0, 0.1) is 0 Å². The Kier molecular flexibility index (Phi) is 3.06. The molecule has 1 aromatic carbocycles. The van der Waals surface area contributed by atoms with Crippen molar-refractivity contribution in [1.29, 1.82) is 0 Å². The molecule has 0 saturated carbocycles. The van der Waals surface area contributed by atoms with E-state index in [1.54, 1.807) is 16.7 Å². The van der Waals surface area contributed by atoms with Crippen molar-refractivity contribution in [3.63, 3.8) is 0 Å². The summed E-state index contributed by atoms with van der Waals surface area (Å²) in [6, 6.07) is 5.39. The molecule has 2 N–H and O–H groups in total. The summed E-state index contributed by atoms with van der Waals surface area (Å²) in [6.07, 6.45) is 1.91. The van der Waals surface area contributed by atoms with Gasteiger partial charge in [0.05, 0.1) is 5.52 Å². The molecule has 1 saturated heterocycles. The molecule has 5 heteroatoms. The normalized spacial score (nSPS) is 18.2. The first-order chi connectivity index (χ1) is 9.20. The monoisotopic (exact) mass is 261 g/mol. The number of aromatic amines is 1. The number of imidazole rings is 1. The Morgan fingerprint density at radius 3 is 2.79 bits per heavy atom. The summed E-state index contributed by atoms with van der Waals surface area (Å²) in [4.78, 5) is 17.3. The number of likely N-dealkylation sites (tertiary alicyclic amines) is 1. The first-order valence-electron chi connectivity index (χ1n) is 6.85. The molecule has 2 heterocycles. The summed E-state index contributed by atoms with van der Waals surface area (Å²) < 4.78 is 1.73. The van der Waals surface area contributed by atoms with Crippen LogP contribution in [0.5, 0.6) is 5.75 Å². The fraction of sp³-hybridized carbons (Fsp3) is 0.500. The summed E-state index contributed by atoms with van der Waals surface area (Å²) in [5.41, 5.74) is 1.23. The van der Waals surface area contributed by atoms with Crippen LogP contribution < -0.4 is 5.69 Å². The number of phenols is 1. The summed E-state index contributed by atoms with van der Waals surface area (Å²) in [5.74, 6) is 0.175. The Labute approximate surface area is 111 Å². The molecule has 0 spiro atoms. The third kappa shape index (κ3) is 2.04. The number of nitrogens with zero attached hydrogens (tertiary/aromatic N) is 2. The van der Waals surface area contributed by atoms with Crippen molar-refractivity contribution < 1.29 is 5.11 Å². The molecule has 3 rings (SSSR count). The average Bonchev–Trinajstić information content (AvgIpc) is 2.76. The fourth-order valence-electron chi connectivity index (χ4n) is 3.00. The second-order valence-electron chi connectivity index (χ2n) is 5.14.